The van der Waals surface area contributed by atoms with Gasteiger partial charge in [0.25, 0.3) is 0 Å². The van der Waals surface area contributed by atoms with Crippen LogP contribution in [-0.2, 0) is 0 Å². The van der Waals surface area contributed by atoms with Gasteiger partial charge in [-0.2, -0.15) is 0 Å². The van der Waals surface area contributed by atoms with E-state index in [1.807, 2.05) is 12.4 Å². The average Bonchev–Trinajstić information content (AvgIpc) is 3.83. The second-order valence-corrected chi connectivity index (χ2v) is 14.3. The third kappa shape index (κ3) is 5.09. The maximum absolute atomic E-state index is 7.32. The summed E-state index contributed by atoms with van der Waals surface area (Å²) in [5, 5.41) is 4.57. The van der Waals surface area contributed by atoms with Crippen molar-refractivity contribution >= 4 is 43.7 Å². The molecule has 0 atom stereocenters. The fourth-order valence-corrected chi connectivity index (χ4v) is 8.59. The second-order valence-electron chi connectivity index (χ2n) is 14.3. The van der Waals surface area contributed by atoms with Crippen LogP contribution in [0.15, 0.2) is 211 Å². The van der Waals surface area contributed by atoms with Gasteiger partial charge in [0.2, 0.25) is 0 Å². The van der Waals surface area contributed by atoms with Gasteiger partial charge in [-0.3, -0.25) is 4.98 Å². The van der Waals surface area contributed by atoms with Crippen LogP contribution in [0.4, 0.5) is 0 Å². The van der Waals surface area contributed by atoms with Crippen LogP contribution in [0.1, 0.15) is 0 Å². The van der Waals surface area contributed by atoms with E-state index in [1.54, 1.807) is 0 Å². The SMILES string of the molecule is c1ccc(-c2ccc3c4ccccc4n(-c4cccc5c4oc4c(-c6ccccc6)c(-c6c(-c7ccccc7)cncc6-c6ccccc6)ccc45)c3c2)cc1. The zero-order chi connectivity index (χ0) is 37.0. The Morgan fingerprint density at radius 2 is 0.875 bits per heavy atom. The lowest BCUT2D eigenvalue weighted by Gasteiger charge is -2.19. The molecular formula is C53H34N2O. The number of furan rings is 1. The number of hydrogen-bond acceptors (Lipinski definition) is 2. The Hall–Kier alpha value is -7.49. The zero-order valence-corrected chi connectivity index (χ0v) is 30.4. The molecule has 3 heteroatoms. The van der Waals surface area contributed by atoms with Crippen LogP contribution in [0.25, 0.3) is 105 Å². The highest BCUT2D eigenvalue weighted by Crippen LogP contribution is 2.48. The maximum Gasteiger partial charge on any atom is 0.159 e. The van der Waals surface area contributed by atoms with Gasteiger partial charge in [-0.25, -0.2) is 0 Å². The van der Waals surface area contributed by atoms with Crippen LogP contribution >= 0.6 is 0 Å². The normalized spacial score (nSPS) is 11.6. The lowest BCUT2D eigenvalue weighted by Crippen LogP contribution is -1.95. The zero-order valence-electron chi connectivity index (χ0n) is 30.4. The lowest BCUT2D eigenvalue weighted by atomic mass is 9.85. The van der Waals surface area contributed by atoms with E-state index in [2.05, 4.69) is 199 Å². The number of rotatable bonds is 6. The molecule has 56 heavy (non-hydrogen) atoms. The van der Waals surface area contributed by atoms with Crippen LogP contribution in [0.3, 0.4) is 0 Å². The molecule has 3 aromatic heterocycles. The van der Waals surface area contributed by atoms with Crippen LogP contribution in [0.5, 0.6) is 0 Å². The number of nitrogens with zero attached hydrogens (tertiary/aromatic N) is 2. The van der Waals surface area contributed by atoms with E-state index >= 15 is 0 Å². The van der Waals surface area contributed by atoms with E-state index in [9.17, 15) is 0 Å². The molecule has 0 aliphatic rings. The van der Waals surface area contributed by atoms with Gasteiger partial charge < -0.3 is 8.98 Å². The van der Waals surface area contributed by atoms with Crippen LogP contribution in [0.2, 0.25) is 0 Å². The van der Waals surface area contributed by atoms with Crippen molar-refractivity contribution in [2.45, 2.75) is 0 Å². The van der Waals surface area contributed by atoms with Crippen LogP contribution < -0.4 is 0 Å². The summed E-state index contributed by atoms with van der Waals surface area (Å²) in [5.74, 6) is 0. The Balaban J connectivity index is 1.23. The topological polar surface area (TPSA) is 31.0 Å². The summed E-state index contributed by atoms with van der Waals surface area (Å²) < 4.78 is 9.71. The van der Waals surface area contributed by atoms with Gasteiger partial charge in [0.05, 0.1) is 16.7 Å². The van der Waals surface area contributed by atoms with Crippen molar-refractivity contribution < 1.29 is 4.42 Å². The van der Waals surface area contributed by atoms with Crippen molar-refractivity contribution in [3.63, 3.8) is 0 Å². The van der Waals surface area contributed by atoms with E-state index in [-0.39, 0.29) is 0 Å². The molecule has 0 aliphatic carbocycles. The van der Waals surface area contributed by atoms with Crippen LogP contribution in [-0.4, -0.2) is 9.55 Å². The Bertz CT molecular complexity index is 3160. The Morgan fingerprint density at radius 3 is 1.55 bits per heavy atom. The molecule has 0 amide bonds. The van der Waals surface area contributed by atoms with Gasteiger partial charge in [-0.15, -0.1) is 0 Å². The first-order valence-corrected chi connectivity index (χ1v) is 19.0. The molecule has 0 bridgehead atoms. The number of pyridine rings is 1. The number of hydrogen-bond donors (Lipinski definition) is 0. The number of benzene rings is 8. The van der Waals surface area contributed by atoms with Gasteiger partial charge in [-0.05, 0) is 57.6 Å². The molecule has 11 aromatic rings. The molecule has 8 aromatic carbocycles. The molecule has 11 rings (SSSR count). The van der Waals surface area contributed by atoms with E-state index in [0.717, 1.165) is 83.2 Å². The Labute approximate surface area is 324 Å². The minimum atomic E-state index is 0.853. The molecule has 0 saturated heterocycles. The first-order valence-electron chi connectivity index (χ1n) is 19.0. The second kappa shape index (κ2) is 13.1. The van der Waals surface area contributed by atoms with Crippen molar-refractivity contribution in [3.8, 4) is 61.3 Å². The third-order valence-electron chi connectivity index (χ3n) is 11.1. The highest BCUT2D eigenvalue weighted by molar-refractivity contribution is 6.17. The molecule has 3 heterocycles. The first-order chi connectivity index (χ1) is 27.8. The minimum Gasteiger partial charge on any atom is -0.453 e. The standard InChI is InChI=1S/C53H34N2O/c1-5-16-35(17-6-1)39-28-29-41-40-24-13-14-26-47(40)55(49(41)32-39)48-27-15-25-42-43-30-31-44(50(53(43)56-52(42)48)38-22-11-4-12-23-38)51-45(36-18-7-2-8-19-36)33-54-34-46(51)37-20-9-3-10-21-37/h1-34H. The van der Waals surface area contributed by atoms with Gasteiger partial charge in [0.15, 0.2) is 5.58 Å². The largest absolute Gasteiger partial charge is 0.453 e. The maximum atomic E-state index is 7.32. The van der Waals surface area contributed by atoms with Crippen molar-refractivity contribution in [1.29, 1.82) is 0 Å². The smallest absolute Gasteiger partial charge is 0.159 e. The summed E-state index contributed by atoms with van der Waals surface area (Å²) in [6, 6.07) is 69.0. The average molecular weight is 715 g/mol. The summed E-state index contributed by atoms with van der Waals surface area (Å²) in [5.41, 5.74) is 16.1. The van der Waals surface area contributed by atoms with E-state index < -0.39 is 0 Å². The molecule has 0 radical (unpaired) electrons. The predicted octanol–water partition coefficient (Wildman–Crippen LogP) is 14.4. The summed E-state index contributed by atoms with van der Waals surface area (Å²) in [4.78, 5) is 4.81. The monoisotopic (exact) mass is 714 g/mol. The molecule has 0 unspecified atom stereocenters. The molecule has 0 fully saturated rings. The third-order valence-corrected chi connectivity index (χ3v) is 11.1. The molecular weight excluding hydrogens is 681 g/mol. The molecule has 0 spiro atoms. The van der Waals surface area contributed by atoms with Crippen LogP contribution in [0, 0.1) is 0 Å². The lowest BCUT2D eigenvalue weighted by molar-refractivity contribution is 0.667. The summed E-state index contributed by atoms with van der Waals surface area (Å²) in [7, 11) is 0. The molecule has 262 valence electrons. The van der Waals surface area contributed by atoms with E-state index in [0.29, 0.717) is 0 Å². The Morgan fingerprint density at radius 1 is 0.339 bits per heavy atom. The van der Waals surface area contributed by atoms with Gasteiger partial charge in [0, 0.05) is 56.2 Å². The number of fused-ring (bicyclic) bond motifs is 6. The molecule has 0 saturated carbocycles. The highest BCUT2D eigenvalue weighted by atomic mass is 16.3. The molecule has 3 nitrogen and oxygen atoms in total. The van der Waals surface area contributed by atoms with Crippen molar-refractivity contribution in [1.82, 2.24) is 9.55 Å². The van der Waals surface area contributed by atoms with Gasteiger partial charge >= 0.3 is 0 Å². The summed E-state index contributed by atoms with van der Waals surface area (Å²) in [6.45, 7) is 0. The van der Waals surface area contributed by atoms with Crippen molar-refractivity contribution in [2.75, 3.05) is 0 Å². The first kappa shape index (κ1) is 32.0. The molecule has 0 aliphatic heterocycles. The summed E-state index contributed by atoms with van der Waals surface area (Å²) >= 11 is 0. The fraction of sp³-hybridized carbons (Fsp3) is 0. The predicted molar refractivity (Wildman–Crippen MR) is 233 cm³/mol. The van der Waals surface area contributed by atoms with Gasteiger partial charge in [-0.1, -0.05) is 170 Å². The minimum absolute atomic E-state index is 0.853. The summed E-state index contributed by atoms with van der Waals surface area (Å²) in [6.07, 6.45) is 4.00. The van der Waals surface area contributed by atoms with Gasteiger partial charge in [0.1, 0.15) is 5.58 Å². The quantitative estimate of drug-likeness (QED) is 0.172. The Kier molecular flexibility index (Phi) is 7.49. The van der Waals surface area contributed by atoms with E-state index in [1.165, 1.54) is 21.9 Å². The number of para-hydroxylation sites is 2. The molecule has 0 N–H and O–H groups in total. The van der Waals surface area contributed by atoms with Crippen molar-refractivity contribution in [3.05, 3.63) is 207 Å². The van der Waals surface area contributed by atoms with Crippen molar-refractivity contribution in [2.24, 2.45) is 0 Å². The number of aromatic nitrogens is 2. The highest BCUT2D eigenvalue weighted by Gasteiger charge is 2.24. The van der Waals surface area contributed by atoms with E-state index in [4.69, 9.17) is 9.40 Å². The fourth-order valence-electron chi connectivity index (χ4n) is 8.59.